The second-order valence-electron chi connectivity index (χ2n) is 3.83. The van der Waals surface area contributed by atoms with Gasteiger partial charge in [-0.1, -0.05) is 43.2 Å². The fraction of sp³-hybridized carbons (Fsp3) is 0.462. The monoisotopic (exact) mass is 189 g/mol. The van der Waals surface area contributed by atoms with Crippen LogP contribution in [0.3, 0.4) is 0 Å². The molecular formula is C13H19N. The minimum atomic E-state index is 0.446. The molecule has 1 unspecified atom stereocenters. The Morgan fingerprint density at radius 1 is 1.29 bits per heavy atom. The molecule has 1 aromatic carbocycles. The van der Waals surface area contributed by atoms with Gasteiger partial charge in [0, 0.05) is 12.3 Å². The summed E-state index contributed by atoms with van der Waals surface area (Å²) in [6, 6.07) is 8.90. The molecule has 0 heterocycles. The Balaban J connectivity index is 2.55. The maximum absolute atomic E-state index is 4.49. The highest BCUT2D eigenvalue weighted by Crippen LogP contribution is 2.03. The van der Waals surface area contributed by atoms with Crippen molar-refractivity contribution in [1.29, 1.82) is 0 Å². The zero-order chi connectivity index (χ0) is 10.4. The van der Waals surface area contributed by atoms with Crippen LogP contribution < -0.4 is 0 Å². The van der Waals surface area contributed by atoms with E-state index in [0.29, 0.717) is 6.04 Å². The van der Waals surface area contributed by atoms with Gasteiger partial charge in [0.2, 0.25) is 0 Å². The van der Waals surface area contributed by atoms with Crippen molar-refractivity contribution in [2.24, 2.45) is 4.99 Å². The number of rotatable bonds is 4. The van der Waals surface area contributed by atoms with E-state index < -0.39 is 0 Å². The van der Waals surface area contributed by atoms with E-state index >= 15 is 0 Å². The van der Waals surface area contributed by atoms with Crippen LogP contribution in [0.2, 0.25) is 0 Å². The molecule has 0 fully saturated rings. The fourth-order valence-electron chi connectivity index (χ4n) is 1.36. The minimum absolute atomic E-state index is 0.446. The second-order valence-corrected chi connectivity index (χ2v) is 3.83. The van der Waals surface area contributed by atoms with Gasteiger partial charge in [-0.15, -0.1) is 0 Å². The van der Waals surface area contributed by atoms with Crippen molar-refractivity contribution in [2.45, 2.75) is 39.7 Å². The van der Waals surface area contributed by atoms with Gasteiger partial charge in [0.1, 0.15) is 0 Å². The molecule has 0 saturated heterocycles. The summed E-state index contributed by atoms with van der Waals surface area (Å²) in [6.07, 6.45) is 4.34. The van der Waals surface area contributed by atoms with Crippen molar-refractivity contribution in [1.82, 2.24) is 0 Å². The summed E-state index contributed by atoms with van der Waals surface area (Å²) < 4.78 is 0. The first-order chi connectivity index (χ1) is 6.72. The molecule has 1 heteroatoms. The molecular weight excluding hydrogens is 170 g/mol. The van der Waals surface area contributed by atoms with Gasteiger partial charge in [-0.25, -0.2) is 0 Å². The van der Waals surface area contributed by atoms with Crippen molar-refractivity contribution in [3.8, 4) is 0 Å². The van der Waals surface area contributed by atoms with Crippen LogP contribution in [0.25, 0.3) is 0 Å². The SMILES string of the molecule is CCCC(C)N=Cc1ccc(C)cc1. The number of benzene rings is 1. The van der Waals surface area contributed by atoms with Crippen LogP contribution >= 0.6 is 0 Å². The summed E-state index contributed by atoms with van der Waals surface area (Å²) in [5.74, 6) is 0. The van der Waals surface area contributed by atoms with Crippen LogP contribution in [0.5, 0.6) is 0 Å². The van der Waals surface area contributed by atoms with Gasteiger partial charge < -0.3 is 0 Å². The lowest BCUT2D eigenvalue weighted by Crippen LogP contribution is -1.97. The molecule has 0 aliphatic carbocycles. The van der Waals surface area contributed by atoms with Crippen molar-refractivity contribution in [3.63, 3.8) is 0 Å². The highest BCUT2D eigenvalue weighted by atomic mass is 14.7. The summed E-state index contributed by atoms with van der Waals surface area (Å²) in [4.78, 5) is 4.49. The molecule has 1 atom stereocenters. The predicted octanol–water partition coefficient (Wildman–Crippen LogP) is 3.60. The third-order valence-electron chi connectivity index (χ3n) is 2.26. The first-order valence-electron chi connectivity index (χ1n) is 5.32. The third kappa shape index (κ3) is 3.73. The topological polar surface area (TPSA) is 12.4 Å². The van der Waals surface area contributed by atoms with Crippen LogP contribution in [0.4, 0.5) is 0 Å². The molecule has 0 saturated carbocycles. The van der Waals surface area contributed by atoms with Gasteiger partial charge in [-0.3, -0.25) is 4.99 Å². The molecule has 1 aromatic rings. The summed E-state index contributed by atoms with van der Waals surface area (Å²) >= 11 is 0. The lowest BCUT2D eigenvalue weighted by atomic mass is 10.1. The van der Waals surface area contributed by atoms with E-state index in [1.807, 2.05) is 6.21 Å². The molecule has 14 heavy (non-hydrogen) atoms. The van der Waals surface area contributed by atoms with Crippen LogP contribution in [0.1, 0.15) is 37.8 Å². The van der Waals surface area contributed by atoms with Crippen LogP contribution in [0, 0.1) is 6.92 Å². The number of nitrogens with zero attached hydrogens (tertiary/aromatic N) is 1. The molecule has 1 nitrogen and oxygen atoms in total. The smallest absolute Gasteiger partial charge is 0.0471 e. The molecule has 0 radical (unpaired) electrons. The molecule has 0 amide bonds. The largest absolute Gasteiger partial charge is 0.290 e. The molecule has 0 bridgehead atoms. The average Bonchev–Trinajstić information content (AvgIpc) is 2.17. The van der Waals surface area contributed by atoms with E-state index in [0.717, 1.165) is 0 Å². The maximum atomic E-state index is 4.49. The van der Waals surface area contributed by atoms with E-state index in [4.69, 9.17) is 0 Å². The standard InChI is InChI=1S/C13H19N/c1-4-5-12(3)14-10-13-8-6-11(2)7-9-13/h6-10,12H,4-5H2,1-3H3. The van der Waals surface area contributed by atoms with Gasteiger partial charge in [-0.05, 0) is 25.8 Å². The Hall–Kier alpha value is -1.11. The van der Waals surface area contributed by atoms with E-state index in [1.165, 1.54) is 24.0 Å². The van der Waals surface area contributed by atoms with Crippen molar-refractivity contribution in [3.05, 3.63) is 35.4 Å². The van der Waals surface area contributed by atoms with Crippen molar-refractivity contribution in [2.75, 3.05) is 0 Å². The Labute approximate surface area is 86.9 Å². The van der Waals surface area contributed by atoms with E-state index in [9.17, 15) is 0 Å². The van der Waals surface area contributed by atoms with Crippen LogP contribution in [0.15, 0.2) is 29.3 Å². The average molecular weight is 189 g/mol. The number of aliphatic imine (C=N–C) groups is 1. The highest BCUT2D eigenvalue weighted by molar-refractivity contribution is 5.79. The summed E-state index contributed by atoms with van der Waals surface area (Å²) in [5, 5.41) is 0. The van der Waals surface area contributed by atoms with Crippen molar-refractivity contribution < 1.29 is 0 Å². The van der Waals surface area contributed by atoms with Gasteiger partial charge in [0.05, 0.1) is 0 Å². The fourth-order valence-corrected chi connectivity index (χ4v) is 1.36. The predicted molar refractivity (Wildman–Crippen MR) is 63.1 cm³/mol. The molecule has 76 valence electrons. The molecule has 0 spiro atoms. The number of hydrogen-bond acceptors (Lipinski definition) is 1. The van der Waals surface area contributed by atoms with Crippen LogP contribution in [-0.4, -0.2) is 12.3 Å². The zero-order valence-corrected chi connectivity index (χ0v) is 9.33. The van der Waals surface area contributed by atoms with Gasteiger partial charge in [-0.2, -0.15) is 0 Å². The summed E-state index contributed by atoms with van der Waals surface area (Å²) in [7, 11) is 0. The summed E-state index contributed by atoms with van der Waals surface area (Å²) in [5.41, 5.74) is 2.49. The third-order valence-corrected chi connectivity index (χ3v) is 2.26. The molecule has 0 N–H and O–H groups in total. The van der Waals surface area contributed by atoms with Gasteiger partial charge in [0.25, 0.3) is 0 Å². The lowest BCUT2D eigenvalue weighted by molar-refractivity contribution is 0.657. The Bertz CT molecular complexity index is 285. The Morgan fingerprint density at radius 3 is 2.50 bits per heavy atom. The van der Waals surface area contributed by atoms with Crippen molar-refractivity contribution >= 4 is 6.21 Å². The maximum Gasteiger partial charge on any atom is 0.0471 e. The lowest BCUT2D eigenvalue weighted by Gasteiger charge is -2.02. The van der Waals surface area contributed by atoms with E-state index in [1.54, 1.807) is 0 Å². The molecule has 1 rings (SSSR count). The van der Waals surface area contributed by atoms with Crippen LogP contribution in [-0.2, 0) is 0 Å². The first kappa shape index (κ1) is 11.0. The molecule has 0 aromatic heterocycles. The van der Waals surface area contributed by atoms with E-state index in [-0.39, 0.29) is 0 Å². The zero-order valence-electron chi connectivity index (χ0n) is 9.33. The number of aryl methyl sites for hydroxylation is 1. The minimum Gasteiger partial charge on any atom is -0.290 e. The molecule has 0 aliphatic rings. The summed E-state index contributed by atoms with van der Waals surface area (Å²) in [6.45, 7) is 6.45. The van der Waals surface area contributed by atoms with E-state index in [2.05, 4.69) is 50.0 Å². The van der Waals surface area contributed by atoms with Gasteiger partial charge >= 0.3 is 0 Å². The quantitative estimate of drug-likeness (QED) is 0.642. The Kier molecular flexibility index (Phi) is 4.37. The molecule has 0 aliphatic heterocycles. The highest BCUT2D eigenvalue weighted by Gasteiger charge is 1.94. The van der Waals surface area contributed by atoms with Gasteiger partial charge in [0.15, 0.2) is 0 Å². The normalized spacial score (nSPS) is 13.4. The Morgan fingerprint density at radius 2 is 1.93 bits per heavy atom. The second kappa shape index (κ2) is 5.58. The first-order valence-corrected chi connectivity index (χ1v) is 5.32. The number of hydrogen-bond donors (Lipinski definition) is 0.